The average Bonchev–Trinajstić information content (AvgIpc) is 1.60. The minimum atomic E-state index is 1.13. The molecule has 0 N–H and O–H groups in total. The van der Waals surface area contributed by atoms with Gasteiger partial charge in [-0.1, -0.05) is 297 Å². The Morgan fingerprint density at radius 2 is 0.339 bits per heavy atom. The molecule has 23 aromatic rings. The van der Waals surface area contributed by atoms with Crippen molar-refractivity contribution in [3.63, 3.8) is 0 Å². The van der Waals surface area contributed by atoms with Crippen LogP contribution < -0.4 is 0 Å². The Kier molecular flexibility index (Phi) is 14.3. The third-order valence-corrected chi connectivity index (χ3v) is 23.7. The molecule has 4 nitrogen and oxygen atoms in total. The quantitative estimate of drug-likeness (QED) is 0.123. The van der Waals surface area contributed by atoms with Gasteiger partial charge in [0, 0.05) is 65.8 Å². The lowest BCUT2D eigenvalue weighted by Crippen LogP contribution is -1.95. The number of benzene rings is 19. The van der Waals surface area contributed by atoms with Gasteiger partial charge in [0.25, 0.3) is 0 Å². The summed E-state index contributed by atoms with van der Waals surface area (Å²) in [5, 5.41) is 17.2. The van der Waals surface area contributed by atoms with Crippen LogP contribution in [0.4, 0.5) is 0 Å². The van der Waals surface area contributed by atoms with Crippen LogP contribution >= 0.6 is 0 Å². The van der Waals surface area contributed by atoms with E-state index in [9.17, 15) is 0 Å². The maximum Gasteiger partial charge on any atom is 0.0547 e. The molecular formula is C108H68N4. The Morgan fingerprint density at radius 3 is 0.750 bits per heavy atom. The fraction of sp³-hybridized carbons (Fsp3) is 0. The van der Waals surface area contributed by atoms with E-state index in [4.69, 9.17) is 0 Å². The SMILES string of the molecule is c1ccc(-c2ccc3cc(-n4c5ccccc5c5ccc(-c6ccc(-c7ccc8c9ccc(-c%10cccc(-c%11ccc%12cc(-n%13c%14ccccc%14c%14ccc(-c%15ccc(-c%16ccc%17c%18ccccc%18n(-c%18ccccc%18)c%17c%16)cc%15)cc%14%13)ccc%12c%11)c%10)cc9n(-c9ccc%10ccccc%10c9)c8c7)cc6)cc54)ccc3c2)cc1. The van der Waals surface area contributed by atoms with Crippen molar-refractivity contribution in [3.05, 3.63) is 413 Å². The van der Waals surface area contributed by atoms with Crippen molar-refractivity contribution in [2.45, 2.75) is 0 Å². The Morgan fingerprint density at radius 1 is 0.107 bits per heavy atom. The number of hydrogen-bond donors (Lipinski definition) is 0. The van der Waals surface area contributed by atoms with Crippen molar-refractivity contribution in [1.29, 1.82) is 0 Å². The molecule has 0 saturated heterocycles. The van der Waals surface area contributed by atoms with Crippen LogP contribution in [-0.4, -0.2) is 18.3 Å². The lowest BCUT2D eigenvalue weighted by molar-refractivity contribution is 1.18. The van der Waals surface area contributed by atoms with Crippen LogP contribution in [0.2, 0.25) is 0 Å². The van der Waals surface area contributed by atoms with E-state index >= 15 is 0 Å². The molecule has 4 aromatic heterocycles. The molecule has 0 saturated carbocycles. The molecule has 19 aromatic carbocycles. The van der Waals surface area contributed by atoms with Gasteiger partial charge in [-0.05, 0) is 225 Å². The predicted octanol–water partition coefficient (Wildman–Crippen LogP) is 29.2. The third kappa shape index (κ3) is 10.4. The van der Waals surface area contributed by atoms with E-state index < -0.39 is 0 Å². The maximum absolute atomic E-state index is 2.48. The molecule has 0 unspecified atom stereocenters. The molecule has 23 rings (SSSR count). The van der Waals surface area contributed by atoms with Gasteiger partial charge < -0.3 is 18.3 Å². The molecule has 4 heteroatoms. The predicted molar refractivity (Wildman–Crippen MR) is 474 cm³/mol. The van der Waals surface area contributed by atoms with Crippen LogP contribution in [-0.2, 0) is 0 Å². The molecule has 112 heavy (non-hydrogen) atoms. The second-order valence-electron chi connectivity index (χ2n) is 30.0. The fourth-order valence-corrected chi connectivity index (χ4v) is 18.2. The molecule has 0 atom stereocenters. The molecule has 520 valence electrons. The average molecular weight is 1420 g/mol. The highest BCUT2D eigenvalue weighted by Crippen LogP contribution is 2.44. The smallest absolute Gasteiger partial charge is 0.0547 e. The van der Waals surface area contributed by atoms with E-state index in [0.717, 1.165) is 28.3 Å². The van der Waals surface area contributed by atoms with E-state index in [1.165, 1.54) is 192 Å². The number of aromatic nitrogens is 4. The van der Waals surface area contributed by atoms with Crippen LogP contribution in [0.25, 0.3) is 220 Å². The van der Waals surface area contributed by atoms with Gasteiger partial charge in [-0.15, -0.1) is 0 Å². The van der Waals surface area contributed by atoms with Crippen molar-refractivity contribution in [1.82, 2.24) is 18.3 Å². The fourth-order valence-electron chi connectivity index (χ4n) is 18.2. The van der Waals surface area contributed by atoms with Crippen molar-refractivity contribution >= 4 is 120 Å². The summed E-state index contributed by atoms with van der Waals surface area (Å²) in [5.74, 6) is 0. The maximum atomic E-state index is 2.48. The van der Waals surface area contributed by atoms with Gasteiger partial charge >= 0.3 is 0 Å². The Labute approximate surface area is 646 Å². The number of rotatable bonds is 11. The second kappa shape index (κ2) is 25.4. The first kappa shape index (κ1) is 63.3. The first-order valence-corrected chi connectivity index (χ1v) is 38.7. The summed E-state index contributed by atoms with van der Waals surface area (Å²) in [6, 6.07) is 153. The van der Waals surface area contributed by atoms with E-state index in [1.807, 2.05) is 0 Å². The highest BCUT2D eigenvalue weighted by atomic mass is 15.0. The lowest BCUT2D eigenvalue weighted by Gasteiger charge is -2.13. The first-order valence-electron chi connectivity index (χ1n) is 38.7. The number of fused-ring (bicyclic) bond motifs is 15. The molecule has 0 aliphatic heterocycles. The summed E-state index contributed by atoms with van der Waals surface area (Å²) in [6.45, 7) is 0. The minimum absolute atomic E-state index is 1.13. The van der Waals surface area contributed by atoms with Crippen molar-refractivity contribution in [2.24, 2.45) is 0 Å². The molecule has 0 fully saturated rings. The van der Waals surface area contributed by atoms with Crippen molar-refractivity contribution in [3.8, 4) is 101 Å². The topological polar surface area (TPSA) is 19.7 Å². The third-order valence-electron chi connectivity index (χ3n) is 23.7. The normalized spacial score (nSPS) is 11.9. The molecular weight excluding hydrogens is 1350 g/mol. The highest BCUT2D eigenvalue weighted by Gasteiger charge is 2.21. The largest absolute Gasteiger partial charge is 0.309 e. The van der Waals surface area contributed by atoms with Gasteiger partial charge in [0.15, 0.2) is 0 Å². The van der Waals surface area contributed by atoms with Crippen LogP contribution in [0, 0.1) is 0 Å². The Bertz CT molecular complexity index is 7780. The second-order valence-corrected chi connectivity index (χ2v) is 30.0. The van der Waals surface area contributed by atoms with Crippen LogP contribution in [0.1, 0.15) is 0 Å². The summed E-state index contributed by atoms with van der Waals surface area (Å²) in [6.07, 6.45) is 0. The van der Waals surface area contributed by atoms with Gasteiger partial charge in [0.2, 0.25) is 0 Å². The number of hydrogen-bond acceptors (Lipinski definition) is 0. The van der Waals surface area contributed by atoms with E-state index in [-0.39, 0.29) is 0 Å². The van der Waals surface area contributed by atoms with Gasteiger partial charge in [0.1, 0.15) is 0 Å². The van der Waals surface area contributed by atoms with Gasteiger partial charge in [-0.25, -0.2) is 0 Å². The van der Waals surface area contributed by atoms with E-state index in [2.05, 4.69) is 431 Å². The molecule has 0 bridgehead atoms. The van der Waals surface area contributed by atoms with Crippen LogP contribution in [0.15, 0.2) is 413 Å². The zero-order valence-electron chi connectivity index (χ0n) is 61.0. The zero-order valence-corrected chi connectivity index (χ0v) is 61.0. The van der Waals surface area contributed by atoms with Gasteiger partial charge in [-0.3, -0.25) is 0 Å². The van der Waals surface area contributed by atoms with E-state index in [0.29, 0.717) is 0 Å². The van der Waals surface area contributed by atoms with Gasteiger partial charge in [-0.2, -0.15) is 0 Å². The van der Waals surface area contributed by atoms with Gasteiger partial charge in [0.05, 0.1) is 44.1 Å². The van der Waals surface area contributed by atoms with Crippen molar-refractivity contribution in [2.75, 3.05) is 0 Å². The number of nitrogens with zero attached hydrogens (tertiary/aromatic N) is 4. The minimum Gasteiger partial charge on any atom is -0.309 e. The molecule has 0 spiro atoms. The summed E-state index contributed by atoms with van der Waals surface area (Å²) in [4.78, 5) is 0. The standard InChI is InChI=1S/C108H68N4/c1-3-16-69(17-4-1)78-38-40-82-62-90(51-43-80(82)59-78)110-102-28-13-10-25-94(102)97-54-47-86(65-105(97)110)73-34-36-74(37-35-73)87-48-56-99-100-57-49-88(68-108(100)112(107(99)67-87)92-50-42-70-18-7-8-19-77(70)61-92)76-21-15-20-75(58-76)79-39-41-83-63-91(52-44-81(83)60-79)111-103-29-14-11-26-95(103)98-55-46-85(66-106(98)111)72-32-30-71(31-33-72)84-45-53-96-93-24-9-12-27-101(93)109(104(96)64-84)89-22-5-2-6-23-89/h1-68H. The summed E-state index contributed by atoms with van der Waals surface area (Å²) >= 11 is 0. The summed E-state index contributed by atoms with van der Waals surface area (Å²) < 4.78 is 9.76. The lowest BCUT2D eigenvalue weighted by atomic mass is 9.96. The molecule has 0 amide bonds. The van der Waals surface area contributed by atoms with E-state index in [1.54, 1.807) is 0 Å². The van der Waals surface area contributed by atoms with Crippen LogP contribution in [0.3, 0.4) is 0 Å². The first-order chi connectivity index (χ1) is 55.5. The molecule has 0 radical (unpaired) electrons. The zero-order chi connectivity index (χ0) is 73.5. The van der Waals surface area contributed by atoms with Crippen molar-refractivity contribution < 1.29 is 0 Å². The van der Waals surface area contributed by atoms with Crippen LogP contribution in [0.5, 0.6) is 0 Å². The summed E-state index contributed by atoms with van der Waals surface area (Å²) in [5.41, 5.74) is 30.6. The highest BCUT2D eigenvalue weighted by molar-refractivity contribution is 6.15. The summed E-state index contributed by atoms with van der Waals surface area (Å²) in [7, 11) is 0. The molecule has 0 aliphatic carbocycles. The Balaban J connectivity index is 0.553. The monoisotopic (exact) mass is 1420 g/mol. The number of para-hydroxylation sites is 4. The molecule has 4 heterocycles. The Hall–Kier alpha value is -14.8. The molecule has 0 aliphatic rings.